The Labute approximate surface area is 126 Å². The van der Waals surface area contributed by atoms with Gasteiger partial charge >= 0.3 is 0 Å². The fourth-order valence-electron chi connectivity index (χ4n) is 2.02. The topological polar surface area (TPSA) is 55.4 Å². The fourth-order valence-corrected chi connectivity index (χ4v) is 2.89. The Kier molecular flexibility index (Phi) is 6.79. The Morgan fingerprint density at radius 2 is 2.10 bits per heavy atom. The zero-order valence-corrected chi connectivity index (χ0v) is 13.7. The van der Waals surface area contributed by atoms with Crippen molar-refractivity contribution >= 4 is 21.4 Å². The summed E-state index contributed by atoms with van der Waals surface area (Å²) in [5, 5.41) is 3.80. The second kappa shape index (κ2) is 7.86. The first kappa shape index (κ1) is 17.3. The SMILES string of the molecule is CNC(CCCS(C)(=O)=O)C(C)Oc1cccc(Cl)c1. The van der Waals surface area contributed by atoms with Crippen LogP contribution in [0.4, 0.5) is 0 Å². The zero-order chi connectivity index (χ0) is 15.2. The molecule has 4 nitrogen and oxygen atoms in total. The number of likely N-dealkylation sites (N-methyl/N-ethyl adjacent to an activating group) is 1. The first-order valence-corrected chi connectivity index (χ1v) is 9.03. The summed E-state index contributed by atoms with van der Waals surface area (Å²) in [6.45, 7) is 1.96. The van der Waals surface area contributed by atoms with Gasteiger partial charge in [-0.05, 0) is 45.0 Å². The highest BCUT2D eigenvalue weighted by Gasteiger charge is 2.17. The van der Waals surface area contributed by atoms with E-state index in [4.69, 9.17) is 16.3 Å². The Balaban J connectivity index is 2.52. The summed E-state index contributed by atoms with van der Waals surface area (Å²) in [5.74, 6) is 0.920. The van der Waals surface area contributed by atoms with Gasteiger partial charge in [0, 0.05) is 23.1 Å². The second-order valence-electron chi connectivity index (χ2n) is 4.95. The second-order valence-corrected chi connectivity index (χ2v) is 7.64. The summed E-state index contributed by atoms with van der Waals surface area (Å²) >= 11 is 5.91. The first-order valence-electron chi connectivity index (χ1n) is 6.59. The number of benzene rings is 1. The van der Waals surface area contributed by atoms with Crippen LogP contribution in [0.1, 0.15) is 19.8 Å². The van der Waals surface area contributed by atoms with Crippen LogP contribution in [0.25, 0.3) is 0 Å². The molecule has 0 saturated carbocycles. The number of rotatable bonds is 8. The highest BCUT2D eigenvalue weighted by Crippen LogP contribution is 2.19. The lowest BCUT2D eigenvalue weighted by molar-refractivity contribution is 0.169. The minimum Gasteiger partial charge on any atom is -0.489 e. The lowest BCUT2D eigenvalue weighted by Gasteiger charge is -2.24. The first-order chi connectivity index (χ1) is 9.31. The van der Waals surface area contributed by atoms with Gasteiger partial charge in [0.25, 0.3) is 0 Å². The van der Waals surface area contributed by atoms with Crippen LogP contribution in [-0.4, -0.2) is 39.6 Å². The standard InChI is InChI=1S/C14H22ClNO3S/c1-11(19-13-7-4-6-12(15)10-13)14(16-2)8-5-9-20(3,17)18/h4,6-7,10-11,14,16H,5,8-9H2,1-3H3. The van der Waals surface area contributed by atoms with E-state index in [9.17, 15) is 8.42 Å². The maximum absolute atomic E-state index is 11.1. The number of sulfone groups is 1. The molecule has 0 bridgehead atoms. The molecule has 20 heavy (non-hydrogen) atoms. The molecule has 6 heteroatoms. The maximum Gasteiger partial charge on any atom is 0.147 e. The molecular formula is C14H22ClNO3S. The van der Waals surface area contributed by atoms with Crippen molar-refractivity contribution in [3.8, 4) is 5.75 Å². The quantitative estimate of drug-likeness (QED) is 0.800. The van der Waals surface area contributed by atoms with E-state index in [0.717, 1.165) is 6.42 Å². The fraction of sp³-hybridized carbons (Fsp3) is 0.571. The summed E-state index contributed by atoms with van der Waals surface area (Å²) in [6, 6.07) is 7.34. The third-order valence-electron chi connectivity index (χ3n) is 3.09. The summed E-state index contributed by atoms with van der Waals surface area (Å²) in [7, 11) is -1.05. The van der Waals surface area contributed by atoms with Crippen LogP contribution < -0.4 is 10.1 Å². The molecule has 0 amide bonds. The zero-order valence-electron chi connectivity index (χ0n) is 12.1. The van der Waals surface area contributed by atoms with E-state index < -0.39 is 9.84 Å². The molecule has 2 atom stereocenters. The molecule has 0 aliphatic carbocycles. The third-order valence-corrected chi connectivity index (χ3v) is 4.35. The highest BCUT2D eigenvalue weighted by molar-refractivity contribution is 7.90. The lowest BCUT2D eigenvalue weighted by atomic mass is 10.1. The maximum atomic E-state index is 11.1. The van der Waals surface area contributed by atoms with Crippen molar-refractivity contribution in [1.29, 1.82) is 0 Å². The van der Waals surface area contributed by atoms with Gasteiger partial charge in [-0.3, -0.25) is 0 Å². The molecular weight excluding hydrogens is 298 g/mol. The Hall–Kier alpha value is -0.780. The molecule has 0 aromatic heterocycles. The number of halogens is 1. The van der Waals surface area contributed by atoms with Crippen molar-refractivity contribution in [2.24, 2.45) is 0 Å². The molecule has 1 aromatic rings. The van der Waals surface area contributed by atoms with Crippen molar-refractivity contribution in [2.75, 3.05) is 19.1 Å². The Morgan fingerprint density at radius 3 is 2.65 bits per heavy atom. The summed E-state index contributed by atoms with van der Waals surface area (Å²) in [6.07, 6.45) is 2.55. The number of hydrogen-bond donors (Lipinski definition) is 1. The third kappa shape index (κ3) is 6.59. The minimum atomic E-state index is -2.90. The molecule has 0 spiro atoms. The predicted molar refractivity (Wildman–Crippen MR) is 83.3 cm³/mol. The molecule has 1 aromatic carbocycles. The number of hydrogen-bond acceptors (Lipinski definition) is 4. The van der Waals surface area contributed by atoms with Gasteiger partial charge in [0.15, 0.2) is 0 Å². The minimum absolute atomic E-state index is 0.0713. The van der Waals surface area contributed by atoms with E-state index in [2.05, 4.69) is 5.32 Å². The number of nitrogens with one attached hydrogen (secondary N) is 1. The molecule has 1 N–H and O–H groups in total. The molecule has 0 radical (unpaired) electrons. The Bertz CT molecular complexity index is 519. The monoisotopic (exact) mass is 319 g/mol. The molecule has 0 fully saturated rings. The van der Waals surface area contributed by atoms with Crippen LogP contribution in [0.15, 0.2) is 24.3 Å². The van der Waals surface area contributed by atoms with Crippen molar-refractivity contribution in [2.45, 2.75) is 31.9 Å². The average molecular weight is 320 g/mol. The van der Waals surface area contributed by atoms with Gasteiger partial charge in [-0.1, -0.05) is 17.7 Å². The molecule has 0 aliphatic rings. The number of ether oxygens (including phenoxy) is 1. The van der Waals surface area contributed by atoms with Crippen LogP contribution >= 0.6 is 11.6 Å². The van der Waals surface area contributed by atoms with E-state index in [-0.39, 0.29) is 17.9 Å². The predicted octanol–water partition coefficient (Wildman–Crippen LogP) is 2.52. The van der Waals surface area contributed by atoms with Crippen molar-refractivity contribution in [3.63, 3.8) is 0 Å². The molecule has 0 aliphatic heterocycles. The van der Waals surface area contributed by atoms with Gasteiger partial charge in [0.05, 0.1) is 0 Å². The van der Waals surface area contributed by atoms with Crippen LogP contribution in [0.2, 0.25) is 5.02 Å². The van der Waals surface area contributed by atoms with Crippen molar-refractivity contribution in [1.82, 2.24) is 5.32 Å². The van der Waals surface area contributed by atoms with Crippen molar-refractivity contribution in [3.05, 3.63) is 29.3 Å². The Morgan fingerprint density at radius 1 is 1.40 bits per heavy atom. The molecule has 114 valence electrons. The van der Waals surface area contributed by atoms with E-state index in [0.29, 0.717) is 17.2 Å². The highest BCUT2D eigenvalue weighted by atomic mass is 35.5. The van der Waals surface area contributed by atoms with Crippen LogP contribution in [-0.2, 0) is 9.84 Å². The van der Waals surface area contributed by atoms with Gasteiger partial charge in [0.2, 0.25) is 0 Å². The van der Waals surface area contributed by atoms with Gasteiger partial charge < -0.3 is 10.1 Å². The average Bonchev–Trinajstić information content (AvgIpc) is 2.33. The van der Waals surface area contributed by atoms with E-state index >= 15 is 0 Å². The summed E-state index contributed by atoms with van der Waals surface area (Å²) in [4.78, 5) is 0. The van der Waals surface area contributed by atoms with Gasteiger partial charge in [-0.25, -0.2) is 8.42 Å². The van der Waals surface area contributed by atoms with Crippen LogP contribution in [0.3, 0.4) is 0 Å². The largest absolute Gasteiger partial charge is 0.489 e. The molecule has 0 saturated heterocycles. The summed E-state index contributed by atoms with van der Waals surface area (Å²) < 4.78 is 28.1. The van der Waals surface area contributed by atoms with Gasteiger partial charge in [-0.2, -0.15) is 0 Å². The summed E-state index contributed by atoms with van der Waals surface area (Å²) in [5.41, 5.74) is 0. The van der Waals surface area contributed by atoms with Gasteiger partial charge in [-0.15, -0.1) is 0 Å². The van der Waals surface area contributed by atoms with E-state index in [1.165, 1.54) is 6.26 Å². The van der Waals surface area contributed by atoms with E-state index in [1.807, 2.05) is 26.1 Å². The molecule has 1 rings (SSSR count). The van der Waals surface area contributed by atoms with Crippen molar-refractivity contribution < 1.29 is 13.2 Å². The van der Waals surface area contributed by atoms with Crippen LogP contribution in [0.5, 0.6) is 5.75 Å². The molecule has 0 heterocycles. The molecule has 2 unspecified atom stereocenters. The smallest absolute Gasteiger partial charge is 0.147 e. The normalized spacial score (nSPS) is 14.8. The van der Waals surface area contributed by atoms with Gasteiger partial charge in [0.1, 0.15) is 21.7 Å². The van der Waals surface area contributed by atoms with Crippen LogP contribution in [0, 0.1) is 0 Å². The lowest BCUT2D eigenvalue weighted by Crippen LogP contribution is -2.39. The van der Waals surface area contributed by atoms with E-state index in [1.54, 1.807) is 12.1 Å².